The Labute approximate surface area is 216 Å². The first kappa shape index (κ1) is 33.9. The zero-order valence-corrected chi connectivity index (χ0v) is 23.1. The van der Waals surface area contributed by atoms with E-state index in [0.29, 0.717) is 19.5 Å². The summed E-state index contributed by atoms with van der Waals surface area (Å²) in [5.41, 5.74) is -2.70. The molecule has 0 aliphatic carbocycles. The van der Waals surface area contributed by atoms with Crippen LogP contribution in [0.5, 0.6) is 0 Å². The van der Waals surface area contributed by atoms with Crippen LogP contribution < -0.4 is 16.0 Å². The molecule has 0 spiro atoms. The number of alkyl carbamates (subject to hydrolysis) is 1. The van der Waals surface area contributed by atoms with Gasteiger partial charge >= 0.3 is 28.4 Å². The summed E-state index contributed by atoms with van der Waals surface area (Å²) in [6.45, 7) is 6.69. The minimum Gasteiger partial charge on any atom is -0.448 e. The van der Waals surface area contributed by atoms with Crippen LogP contribution in [-0.2, 0) is 28.0 Å². The maximum Gasteiger partial charge on any atom is 0.480 e. The molecule has 1 aliphatic rings. The fourth-order valence-corrected chi connectivity index (χ4v) is 5.71. The lowest BCUT2D eigenvalue weighted by atomic mass is 9.73. The highest BCUT2D eigenvalue weighted by atomic mass is 31.2. The van der Waals surface area contributed by atoms with E-state index in [1.807, 2.05) is 18.7 Å². The number of aliphatic hydroxyl groups excluding tert-OH is 1. The molecule has 1 unspecified atom stereocenters. The third kappa shape index (κ3) is 12.5. The van der Waals surface area contributed by atoms with Crippen LogP contribution >= 0.6 is 15.2 Å². The minimum absolute atomic E-state index is 0.186. The number of nitrogens with zero attached hydrogens (tertiary/aromatic N) is 1. The monoisotopic (exact) mass is 576 g/mol. The molecule has 3 atom stereocenters. The fraction of sp³-hybridized carbons (Fsp3) is 0.889. The lowest BCUT2D eigenvalue weighted by Gasteiger charge is -2.32. The topological polar surface area (TPSA) is 236 Å². The summed E-state index contributed by atoms with van der Waals surface area (Å²) in [5, 5.41) is 17.0. The molecule has 0 aromatic carbocycles. The molecule has 0 aromatic rings. The third-order valence-corrected chi connectivity index (χ3v) is 8.70. The summed E-state index contributed by atoms with van der Waals surface area (Å²) in [6.07, 6.45) is -1.72. The lowest BCUT2D eigenvalue weighted by Crippen LogP contribution is -2.57. The van der Waals surface area contributed by atoms with Gasteiger partial charge in [-0.25, -0.2) is 4.79 Å². The average Bonchev–Trinajstić information content (AvgIpc) is 2.71. The van der Waals surface area contributed by atoms with Crippen molar-refractivity contribution < 1.29 is 57.4 Å². The first-order valence-electron chi connectivity index (χ1n) is 11.7. The summed E-state index contributed by atoms with van der Waals surface area (Å²) in [6, 6.07) is -0.797. The molecule has 0 bridgehead atoms. The molecular formula is C18H39BN4O12P2. The Balaban J connectivity index is 2.59. The molecule has 0 radical (unpaired) electrons. The van der Waals surface area contributed by atoms with Crippen molar-refractivity contribution in [1.29, 1.82) is 0 Å². The van der Waals surface area contributed by atoms with Crippen molar-refractivity contribution in [3.8, 4) is 0 Å². The molecule has 37 heavy (non-hydrogen) atoms. The number of carbonyl (C=O) groups excluding carboxylic acids is 2. The van der Waals surface area contributed by atoms with Crippen molar-refractivity contribution in [2.24, 2.45) is 5.92 Å². The maximum absolute atomic E-state index is 12.6. The number of rotatable bonds is 13. The predicted octanol–water partition coefficient (Wildman–Crippen LogP) is -1.77. The van der Waals surface area contributed by atoms with E-state index in [0.717, 1.165) is 0 Å². The molecule has 0 aromatic heterocycles. The van der Waals surface area contributed by atoms with Crippen LogP contribution in [0.15, 0.2) is 0 Å². The number of likely N-dealkylation sites (N-methyl/N-ethyl adjacent to an activating group) is 1. The van der Waals surface area contributed by atoms with Crippen molar-refractivity contribution >= 4 is 34.3 Å². The highest BCUT2D eigenvalue weighted by Gasteiger charge is 2.45. The number of hydrogen-bond acceptors (Lipinski definition) is 10. The van der Waals surface area contributed by atoms with Gasteiger partial charge in [-0.2, -0.15) is 0 Å². The molecular weight excluding hydrogens is 537 g/mol. The van der Waals surface area contributed by atoms with Crippen molar-refractivity contribution in [2.45, 2.75) is 50.8 Å². The first-order chi connectivity index (χ1) is 17.1. The summed E-state index contributed by atoms with van der Waals surface area (Å²) < 4.78 is 39.0. The van der Waals surface area contributed by atoms with E-state index in [4.69, 9.17) is 33.6 Å². The van der Waals surface area contributed by atoms with Gasteiger partial charge in [-0.15, -0.1) is 0 Å². The van der Waals surface area contributed by atoms with E-state index >= 15 is 0 Å². The van der Waals surface area contributed by atoms with Crippen LogP contribution in [0.3, 0.4) is 0 Å². The molecule has 1 aliphatic heterocycles. The normalized spacial score (nSPS) is 18.6. The zero-order chi connectivity index (χ0) is 28.4. The highest BCUT2D eigenvalue weighted by Crippen LogP contribution is 2.58. The Morgan fingerprint density at radius 2 is 1.57 bits per heavy atom. The van der Waals surface area contributed by atoms with Gasteiger partial charge in [0.2, 0.25) is 11.4 Å². The molecule has 19 heteroatoms. The average molecular weight is 576 g/mol. The number of amides is 2. The van der Waals surface area contributed by atoms with Gasteiger partial charge in [0, 0.05) is 32.8 Å². The summed E-state index contributed by atoms with van der Waals surface area (Å²) in [4.78, 5) is 62.4. The standard InChI is InChI=1S/C18H39BN4O12P2/c1-12(2)11-14(21-16(25)15(20-4)13(3)24)19-34-9-6-23(7-10-35-19)5-8-33-17(26)22-18(36(27,28)29)37(30,31)32/h12-15,18,20,24H,5-11H2,1-4H3,(H,21,25)(H,22,26)(H2,27,28,29)(H2,30,31,32)/t13?,14-,15-/m1/s1. The van der Waals surface area contributed by atoms with E-state index in [1.165, 1.54) is 12.2 Å². The predicted molar refractivity (Wildman–Crippen MR) is 132 cm³/mol. The van der Waals surface area contributed by atoms with Crippen molar-refractivity contribution in [2.75, 3.05) is 46.5 Å². The summed E-state index contributed by atoms with van der Waals surface area (Å²) in [7, 11) is -9.80. The molecule has 216 valence electrons. The van der Waals surface area contributed by atoms with Crippen molar-refractivity contribution in [1.82, 2.24) is 20.9 Å². The number of nitrogens with one attached hydrogen (secondary N) is 3. The third-order valence-electron chi connectivity index (χ3n) is 5.36. The van der Waals surface area contributed by atoms with Crippen LogP contribution in [0.2, 0.25) is 0 Å². The number of hydrogen-bond donors (Lipinski definition) is 8. The largest absolute Gasteiger partial charge is 0.480 e. The SMILES string of the molecule is CN[C@@H](C(=O)N[C@H](CC(C)C)B1OCCN(CCOC(=O)NC(P(=O)(O)O)P(=O)(O)O)CCO1)C(C)O. The van der Waals surface area contributed by atoms with E-state index in [2.05, 4.69) is 10.6 Å². The van der Waals surface area contributed by atoms with Gasteiger partial charge in [0.1, 0.15) is 12.6 Å². The van der Waals surface area contributed by atoms with Crippen LogP contribution in [-0.4, -0.2) is 119 Å². The van der Waals surface area contributed by atoms with Gasteiger partial charge in [0.15, 0.2) is 0 Å². The van der Waals surface area contributed by atoms with E-state index in [1.54, 1.807) is 7.05 Å². The second kappa shape index (κ2) is 15.5. The van der Waals surface area contributed by atoms with Gasteiger partial charge in [0.05, 0.1) is 12.0 Å². The fourth-order valence-electron chi connectivity index (χ4n) is 3.60. The molecule has 1 rings (SSSR count). The lowest BCUT2D eigenvalue weighted by molar-refractivity contribution is -0.126. The van der Waals surface area contributed by atoms with E-state index < -0.39 is 52.0 Å². The molecule has 0 saturated carbocycles. The Kier molecular flexibility index (Phi) is 14.2. The number of carbonyl (C=O) groups is 2. The van der Waals surface area contributed by atoms with Crippen LogP contribution in [0.25, 0.3) is 0 Å². The molecule has 1 saturated heterocycles. The Morgan fingerprint density at radius 3 is 2.00 bits per heavy atom. The van der Waals surface area contributed by atoms with E-state index in [-0.39, 0.29) is 38.2 Å². The van der Waals surface area contributed by atoms with Gasteiger partial charge in [0.25, 0.3) is 0 Å². The molecule has 1 heterocycles. The summed E-state index contributed by atoms with van der Waals surface area (Å²) in [5.74, 6) is -0.621. The van der Waals surface area contributed by atoms with Crippen LogP contribution in [0.4, 0.5) is 4.79 Å². The molecule has 16 nitrogen and oxygen atoms in total. The second-order valence-electron chi connectivity index (χ2n) is 9.04. The Morgan fingerprint density at radius 1 is 1.03 bits per heavy atom. The van der Waals surface area contributed by atoms with Gasteiger partial charge < -0.3 is 49.4 Å². The molecule has 1 fully saturated rings. The van der Waals surface area contributed by atoms with Gasteiger partial charge in [-0.3, -0.25) is 24.1 Å². The first-order valence-corrected chi connectivity index (χ1v) is 15.1. The van der Waals surface area contributed by atoms with Crippen LogP contribution in [0.1, 0.15) is 27.2 Å². The van der Waals surface area contributed by atoms with Crippen molar-refractivity contribution in [3.63, 3.8) is 0 Å². The number of aliphatic hydroxyl groups is 1. The van der Waals surface area contributed by atoms with Gasteiger partial charge in [-0.1, -0.05) is 13.8 Å². The quantitative estimate of drug-likeness (QED) is 0.0895. The van der Waals surface area contributed by atoms with Crippen LogP contribution in [0, 0.1) is 5.92 Å². The van der Waals surface area contributed by atoms with E-state index in [9.17, 15) is 23.8 Å². The smallest absolute Gasteiger partial charge is 0.448 e. The Bertz CT molecular complexity index is 795. The summed E-state index contributed by atoms with van der Waals surface area (Å²) >= 11 is 0. The Hall–Kier alpha value is -1.10. The minimum atomic E-state index is -5.33. The zero-order valence-electron chi connectivity index (χ0n) is 21.3. The molecule has 2 amide bonds. The highest BCUT2D eigenvalue weighted by molar-refractivity contribution is 7.70. The second-order valence-corrected chi connectivity index (χ2v) is 12.8. The number of ether oxygens (including phenoxy) is 1. The molecule has 8 N–H and O–H groups in total. The maximum atomic E-state index is 12.6. The van der Waals surface area contributed by atoms with Crippen molar-refractivity contribution in [3.05, 3.63) is 0 Å². The van der Waals surface area contributed by atoms with Gasteiger partial charge in [-0.05, 0) is 26.3 Å².